The monoisotopic (exact) mass is 242 g/mol. The Morgan fingerprint density at radius 2 is 2.62 bits per heavy atom. The van der Waals surface area contributed by atoms with Crippen LogP contribution in [0.15, 0.2) is 5.38 Å². The third-order valence-corrected chi connectivity index (χ3v) is 3.24. The van der Waals surface area contributed by atoms with Crippen LogP contribution in [0, 0.1) is 0 Å². The minimum atomic E-state index is -0.851. The Balaban J connectivity index is 1.80. The zero-order chi connectivity index (χ0) is 11.4. The van der Waals surface area contributed by atoms with Crippen molar-refractivity contribution in [2.75, 3.05) is 18.5 Å². The van der Waals surface area contributed by atoms with Gasteiger partial charge in [-0.3, -0.25) is 4.79 Å². The normalized spacial score (nSPS) is 19.9. The van der Waals surface area contributed by atoms with Crippen LogP contribution in [0.25, 0.3) is 0 Å². The lowest BCUT2D eigenvalue weighted by atomic mass is 10.2. The molecule has 1 aromatic heterocycles. The SMILES string of the molecule is O=C(O)Cc1csc(NC[C@H]2CCCO2)n1. The summed E-state index contributed by atoms with van der Waals surface area (Å²) in [5.41, 5.74) is 0.604. The lowest BCUT2D eigenvalue weighted by Crippen LogP contribution is -2.18. The highest BCUT2D eigenvalue weighted by atomic mass is 32.1. The summed E-state index contributed by atoms with van der Waals surface area (Å²) in [4.78, 5) is 14.7. The summed E-state index contributed by atoms with van der Waals surface area (Å²) in [6.07, 6.45) is 2.46. The van der Waals surface area contributed by atoms with E-state index in [0.717, 1.165) is 31.1 Å². The number of hydrogen-bond donors (Lipinski definition) is 2. The highest BCUT2D eigenvalue weighted by Crippen LogP contribution is 2.18. The molecule has 88 valence electrons. The van der Waals surface area contributed by atoms with Crippen molar-refractivity contribution in [1.29, 1.82) is 0 Å². The molecule has 0 radical (unpaired) electrons. The van der Waals surface area contributed by atoms with Crippen molar-refractivity contribution in [2.45, 2.75) is 25.4 Å². The van der Waals surface area contributed by atoms with Crippen LogP contribution in [0.3, 0.4) is 0 Å². The van der Waals surface area contributed by atoms with E-state index in [4.69, 9.17) is 9.84 Å². The van der Waals surface area contributed by atoms with Crippen molar-refractivity contribution in [3.8, 4) is 0 Å². The zero-order valence-corrected chi connectivity index (χ0v) is 9.63. The number of carboxylic acids is 1. The maximum atomic E-state index is 10.5. The molecule has 2 heterocycles. The van der Waals surface area contributed by atoms with Gasteiger partial charge >= 0.3 is 5.97 Å². The van der Waals surface area contributed by atoms with E-state index in [0.29, 0.717) is 5.69 Å². The van der Waals surface area contributed by atoms with E-state index >= 15 is 0 Å². The van der Waals surface area contributed by atoms with Gasteiger partial charge in [0.2, 0.25) is 0 Å². The first-order chi connectivity index (χ1) is 7.74. The van der Waals surface area contributed by atoms with Crippen molar-refractivity contribution >= 4 is 22.4 Å². The number of rotatable bonds is 5. The molecule has 1 aliphatic heterocycles. The molecule has 0 aliphatic carbocycles. The van der Waals surface area contributed by atoms with E-state index in [2.05, 4.69) is 10.3 Å². The lowest BCUT2D eigenvalue weighted by molar-refractivity contribution is -0.136. The number of anilines is 1. The van der Waals surface area contributed by atoms with Crippen molar-refractivity contribution in [2.24, 2.45) is 0 Å². The van der Waals surface area contributed by atoms with Gasteiger partial charge in [-0.05, 0) is 12.8 Å². The van der Waals surface area contributed by atoms with Crippen molar-refractivity contribution in [1.82, 2.24) is 4.98 Å². The van der Waals surface area contributed by atoms with Gasteiger partial charge in [-0.2, -0.15) is 0 Å². The number of thiazole rings is 1. The standard InChI is InChI=1S/C10H14N2O3S/c13-9(14)4-7-6-16-10(12-7)11-5-8-2-1-3-15-8/h6,8H,1-5H2,(H,11,12)(H,13,14)/t8-/m1/s1. The summed E-state index contributed by atoms with van der Waals surface area (Å²) in [6, 6.07) is 0. The molecule has 0 saturated carbocycles. The summed E-state index contributed by atoms with van der Waals surface area (Å²) in [5.74, 6) is -0.851. The summed E-state index contributed by atoms with van der Waals surface area (Å²) in [7, 11) is 0. The predicted molar refractivity (Wildman–Crippen MR) is 60.9 cm³/mol. The topological polar surface area (TPSA) is 71.5 Å². The van der Waals surface area contributed by atoms with Crippen LogP contribution in [-0.2, 0) is 16.0 Å². The second kappa shape index (κ2) is 5.27. The van der Waals surface area contributed by atoms with Gasteiger partial charge in [-0.15, -0.1) is 11.3 Å². The van der Waals surface area contributed by atoms with E-state index < -0.39 is 5.97 Å². The smallest absolute Gasteiger partial charge is 0.309 e. The van der Waals surface area contributed by atoms with Crippen molar-refractivity contribution < 1.29 is 14.6 Å². The fourth-order valence-corrected chi connectivity index (χ4v) is 2.35. The molecule has 1 atom stereocenters. The van der Waals surface area contributed by atoms with Gasteiger partial charge < -0.3 is 15.2 Å². The Hall–Kier alpha value is -1.14. The molecule has 2 rings (SSSR count). The van der Waals surface area contributed by atoms with Gasteiger partial charge in [0.25, 0.3) is 0 Å². The molecule has 6 heteroatoms. The van der Waals surface area contributed by atoms with E-state index in [-0.39, 0.29) is 12.5 Å². The number of carboxylic acid groups (broad SMARTS) is 1. The average molecular weight is 242 g/mol. The van der Waals surface area contributed by atoms with Crippen LogP contribution in [-0.4, -0.2) is 35.3 Å². The second-order valence-corrected chi connectivity index (χ2v) is 4.59. The summed E-state index contributed by atoms with van der Waals surface area (Å²) in [5, 5.41) is 14.3. The van der Waals surface area contributed by atoms with Crippen LogP contribution in [0.5, 0.6) is 0 Å². The maximum absolute atomic E-state index is 10.5. The third kappa shape index (κ3) is 3.18. The number of carbonyl (C=O) groups is 1. The molecule has 5 nitrogen and oxygen atoms in total. The molecule has 16 heavy (non-hydrogen) atoms. The van der Waals surface area contributed by atoms with E-state index in [1.165, 1.54) is 11.3 Å². The molecule has 0 bridgehead atoms. The fraction of sp³-hybridized carbons (Fsp3) is 0.600. The Kier molecular flexibility index (Phi) is 3.74. The lowest BCUT2D eigenvalue weighted by Gasteiger charge is -2.08. The number of nitrogens with one attached hydrogen (secondary N) is 1. The van der Waals surface area contributed by atoms with Crippen LogP contribution in [0.4, 0.5) is 5.13 Å². The fourth-order valence-electron chi connectivity index (χ4n) is 1.63. The summed E-state index contributed by atoms with van der Waals surface area (Å²) in [6.45, 7) is 1.59. The highest BCUT2D eigenvalue weighted by molar-refractivity contribution is 7.13. The minimum Gasteiger partial charge on any atom is -0.481 e. The summed E-state index contributed by atoms with van der Waals surface area (Å²) < 4.78 is 5.47. The predicted octanol–water partition coefficient (Wildman–Crippen LogP) is 1.36. The zero-order valence-electron chi connectivity index (χ0n) is 8.81. The Labute approximate surface area is 97.5 Å². The van der Waals surface area contributed by atoms with Gasteiger partial charge in [0.05, 0.1) is 18.2 Å². The van der Waals surface area contributed by atoms with Crippen molar-refractivity contribution in [3.63, 3.8) is 0 Å². The van der Waals surface area contributed by atoms with Crippen LogP contribution in [0.2, 0.25) is 0 Å². The Morgan fingerprint density at radius 1 is 1.75 bits per heavy atom. The quantitative estimate of drug-likeness (QED) is 0.815. The number of aromatic nitrogens is 1. The van der Waals surface area contributed by atoms with Gasteiger partial charge in [-0.25, -0.2) is 4.98 Å². The third-order valence-electron chi connectivity index (χ3n) is 2.39. The molecule has 1 fully saturated rings. The molecule has 1 aromatic rings. The molecular weight excluding hydrogens is 228 g/mol. The molecule has 2 N–H and O–H groups in total. The number of nitrogens with zero attached hydrogens (tertiary/aromatic N) is 1. The first-order valence-corrected chi connectivity index (χ1v) is 6.13. The number of ether oxygens (including phenoxy) is 1. The Morgan fingerprint density at radius 3 is 3.31 bits per heavy atom. The molecule has 1 aliphatic rings. The Bertz CT molecular complexity index is 361. The minimum absolute atomic E-state index is 0.0158. The molecule has 1 saturated heterocycles. The van der Waals surface area contributed by atoms with E-state index in [1.807, 2.05) is 0 Å². The van der Waals surface area contributed by atoms with Crippen LogP contribution >= 0.6 is 11.3 Å². The highest BCUT2D eigenvalue weighted by Gasteiger charge is 2.15. The first kappa shape index (κ1) is 11.3. The van der Waals surface area contributed by atoms with Crippen LogP contribution in [0.1, 0.15) is 18.5 Å². The maximum Gasteiger partial charge on any atom is 0.309 e. The van der Waals surface area contributed by atoms with Gasteiger partial charge in [0, 0.05) is 18.5 Å². The first-order valence-electron chi connectivity index (χ1n) is 5.25. The molecule has 0 unspecified atom stereocenters. The van der Waals surface area contributed by atoms with E-state index in [1.54, 1.807) is 5.38 Å². The molecular formula is C10H14N2O3S. The number of aliphatic carboxylic acids is 1. The van der Waals surface area contributed by atoms with Gasteiger partial charge in [0.1, 0.15) is 0 Å². The molecule has 0 spiro atoms. The van der Waals surface area contributed by atoms with Crippen molar-refractivity contribution in [3.05, 3.63) is 11.1 Å². The number of hydrogen-bond acceptors (Lipinski definition) is 5. The molecule has 0 amide bonds. The largest absolute Gasteiger partial charge is 0.481 e. The molecule has 0 aromatic carbocycles. The van der Waals surface area contributed by atoms with Gasteiger partial charge in [-0.1, -0.05) is 0 Å². The second-order valence-electron chi connectivity index (χ2n) is 3.73. The average Bonchev–Trinajstić information content (AvgIpc) is 2.84. The summed E-state index contributed by atoms with van der Waals surface area (Å²) >= 11 is 1.43. The van der Waals surface area contributed by atoms with Gasteiger partial charge in [0.15, 0.2) is 5.13 Å². The van der Waals surface area contributed by atoms with Crippen LogP contribution < -0.4 is 5.32 Å². The van der Waals surface area contributed by atoms with E-state index in [9.17, 15) is 4.79 Å².